The lowest BCUT2D eigenvalue weighted by atomic mass is 10.0. The molecule has 2 aromatic heterocycles. The minimum atomic E-state index is -5.07. The number of rotatable bonds is 5. The van der Waals surface area contributed by atoms with E-state index < -0.39 is 23.7 Å². The van der Waals surface area contributed by atoms with E-state index >= 15 is 0 Å². The fraction of sp³-hybridized carbons (Fsp3) is 0.471. The molecule has 3 atom stereocenters. The van der Waals surface area contributed by atoms with E-state index in [1.165, 1.54) is 17.5 Å². The summed E-state index contributed by atoms with van der Waals surface area (Å²) in [5, 5.41) is 14.3. The minimum Gasteiger partial charge on any atom is -0.373 e. The van der Waals surface area contributed by atoms with E-state index in [4.69, 9.17) is 0 Å². The number of alkyl halides is 3. The SMILES string of the molecule is Cc1cn2c(C(=O)NC[C@H]3C=C[C@@H](NC(=O)C(C)(O)C(F)(F)F)C3)cnc2s1. The van der Waals surface area contributed by atoms with Gasteiger partial charge >= 0.3 is 6.18 Å². The van der Waals surface area contributed by atoms with Crippen molar-refractivity contribution in [3.05, 3.63) is 35.1 Å². The molecule has 152 valence electrons. The first kappa shape index (κ1) is 20.3. The summed E-state index contributed by atoms with van der Waals surface area (Å²) >= 11 is 1.46. The summed E-state index contributed by atoms with van der Waals surface area (Å²) in [6.45, 7) is 2.58. The van der Waals surface area contributed by atoms with Crippen LogP contribution < -0.4 is 10.6 Å². The van der Waals surface area contributed by atoms with Crippen LogP contribution >= 0.6 is 11.3 Å². The van der Waals surface area contributed by atoms with Gasteiger partial charge in [-0.1, -0.05) is 12.2 Å². The molecule has 0 aliphatic heterocycles. The molecule has 0 fully saturated rings. The zero-order valence-corrected chi connectivity index (χ0v) is 15.9. The van der Waals surface area contributed by atoms with Gasteiger partial charge < -0.3 is 15.7 Å². The molecule has 0 saturated heterocycles. The zero-order chi connectivity index (χ0) is 20.7. The molecule has 1 unspecified atom stereocenters. The quantitative estimate of drug-likeness (QED) is 0.648. The van der Waals surface area contributed by atoms with E-state index in [2.05, 4.69) is 15.6 Å². The maximum Gasteiger partial charge on any atom is 0.426 e. The normalized spacial score (nSPS) is 21.6. The summed E-state index contributed by atoms with van der Waals surface area (Å²) in [7, 11) is 0. The van der Waals surface area contributed by atoms with Gasteiger partial charge in [0.15, 0.2) is 4.96 Å². The molecule has 0 aromatic carbocycles. The molecule has 0 spiro atoms. The van der Waals surface area contributed by atoms with Crippen LogP contribution in [0, 0.1) is 12.8 Å². The van der Waals surface area contributed by atoms with Crippen LogP contribution in [0.15, 0.2) is 24.5 Å². The number of carbonyl (C=O) groups excluding carboxylic acids is 2. The topological polar surface area (TPSA) is 95.7 Å². The van der Waals surface area contributed by atoms with Gasteiger partial charge in [0.05, 0.1) is 6.20 Å². The molecule has 3 N–H and O–H groups in total. The number of nitrogens with one attached hydrogen (secondary N) is 2. The average Bonchev–Trinajstić information content (AvgIpc) is 3.27. The van der Waals surface area contributed by atoms with Crippen molar-refractivity contribution in [2.24, 2.45) is 5.92 Å². The van der Waals surface area contributed by atoms with E-state index in [1.54, 1.807) is 16.6 Å². The van der Waals surface area contributed by atoms with Gasteiger partial charge in [-0.05, 0) is 26.2 Å². The molecule has 28 heavy (non-hydrogen) atoms. The van der Waals surface area contributed by atoms with E-state index in [0.29, 0.717) is 24.0 Å². The lowest BCUT2D eigenvalue weighted by Gasteiger charge is -2.26. The number of hydrogen-bond acceptors (Lipinski definition) is 5. The molecule has 3 rings (SSSR count). The van der Waals surface area contributed by atoms with Crippen LogP contribution in [0.1, 0.15) is 28.7 Å². The van der Waals surface area contributed by atoms with Gasteiger partial charge in [0.2, 0.25) is 5.60 Å². The molecule has 0 bridgehead atoms. The highest BCUT2D eigenvalue weighted by atomic mass is 32.1. The van der Waals surface area contributed by atoms with Crippen molar-refractivity contribution in [1.29, 1.82) is 0 Å². The molecule has 1 aliphatic carbocycles. The number of hydrogen-bond donors (Lipinski definition) is 3. The predicted molar refractivity (Wildman–Crippen MR) is 96.0 cm³/mol. The Morgan fingerprint density at radius 3 is 2.79 bits per heavy atom. The number of halogens is 3. The van der Waals surface area contributed by atoms with E-state index in [0.717, 1.165) is 4.88 Å². The van der Waals surface area contributed by atoms with E-state index in [9.17, 15) is 27.9 Å². The molecular weight excluding hydrogens is 397 g/mol. The molecule has 2 heterocycles. The summed E-state index contributed by atoms with van der Waals surface area (Å²) in [5.74, 6) is -1.97. The lowest BCUT2D eigenvalue weighted by molar-refractivity contribution is -0.245. The Hall–Kier alpha value is -2.40. The number of nitrogens with zero attached hydrogens (tertiary/aromatic N) is 2. The summed E-state index contributed by atoms with van der Waals surface area (Å²) in [4.78, 5) is 30.0. The van der Waals surface area contributed by atoms with Crippen LogP contribution in [0.5, 0.6) is 0 Å². The standard InChI is InChI=1S/C17H19F3N4O3S/c1-9-8-24-12(7-22-15(24)28-9)13(25)21-6-10-3-4-11(5-10)23-14(26)16(2,27)17(18,19)20/h3-4,7-8,10-11,27H,5-6H2,1-2H3,(H,21,25)(H,23,26)/t10-,11+,16?/m0/s1. The van der Waals surface area contributed by atoms with Crippen LogP contribution in [0.3, 0.4) is 0 Å². The second-order valence-corrected chi connectivity index (χ2v) is 8.09. The van der Waals surface area contributed by atoms with Crippen LogP contribution in [0.2, 0.25) is 0 Å². The number of aromatic nitrogens is 2. The molecule has 2 aromatic rings. The Bertz CT molecular complexity index is 932. The van der Waals surface area contributed by atoms with Gasteiger partial charge in [-0.3, -0.25) is 14.0 Å². The first-order valence-corrected chi connectivity index (χ1v) is 9.31. The predicted octanol–water partition coefficient (Wildman–Crippen LogP) is 1.81. The molecule has 2 amide bonds. The minimum absolute atomic E-state index is 0.155. The molecule has 11 heteroatoms. The lowest BCUT2D eigenvalue weighted by Crippen LogP contribution is -2.56. The highest BCUT2D eigenvalue weighted by Crippen LogP contribution is 2.30. The smallest absolute Gasteiger partial charge is 0.373 e. The Morgan fingerprint density at radius 2 is 2.11 bits per heavy atom. The van der Waals surface area contributed by atoms with Crippen LogP contribution in [0.4, 0.5) is 13.2 Å². The summed E-state index contributed by atoms with van der Waals surface area (Å²) < 4.78 is 39.8. The molecule has 0 saturated carbocycles. The number of thiazole rings is 1. The molecule has 7 nitrogen and oxygen atoms in total. The number of aliphatic hydroxyl groups is 1. The fourth-order valence-electron chi connectivity index (χ4n) is 2.85. The second kappa shape index (κ2) is 7.21. The number of carbonyl (C=O) groups is 2. The number of amides is 2. The van der Waals surface area contributed by atoms with Crippen molar-refractivity contribution < 1.29 is 27.9 Å². The first-order valence-electron chi connectivity index (χ1n) is 8.49. The Labute approximate surface area is 162 Å². The van der Waals surface area contributed by atoms with Gasteiger partial charge in [-0.2, -0.15) is 13.2 Å². The monoisotopic (exact) mass is 416 g/mol. The van der Waals surface area contributed by atoms with Crippen molar-refractivity contribution in [3.63, 3.8) is 0 Å². The average molecular weight is 416 g/mol. The largest absolute Gasteiger partial charge is 0.426 e. The Kier molecular flexibility index (Phi) is 5.24. The first-order chi connectivity index (χ1) is 13.0. The third-order valence-electron chi connectivity index (χ3n) is 4.57. The summed E-state index contributed by atoms with van der Waals surface area (Å²) in [6.07, 6.45) is 1.82. The van der Waals surface area contributed by atoms with Crippen molar-refractivity contribution in [2.45, 2.75) is 38.1 Å². The third-order valence-corrected chi connectivity index (χ3v) is 5.48. The highest BCUT2D eigenvalue weighted by molar-refractivity contribution is 7.17. The maximum absolute atomic E-state index is 12.7. The van der Waals surface area contributed by atoms with Gasteiger partial charge in [0, 0.05) is 23.7 Å². The second-order valence-electron chi connectivity index (χ2n) is 6.88. The van der Waals surface area contributed by atoms with Gasteiger partial charge in [0.1, 0.15) is 5.69 Å². The molecule has 0 radical (unpaired) electrons. The molecule has 1 aliphatic rings. The highest BCUT2D eigenvalue weighted by Gasteiger charge is 2.56. The molecular formula is C17H19F3N4O3S. The number of aryl methyl sites for hydroxylation is 1. The number of fused-ring (bicyclic) bond motifs is 1. The third kappa shape index (κ3) is 3.90. The van der Waals surface area contributed by atoms with Crippen LogP contribution in [0.25, 0.3) is 4.96 Å². The van der Waals surface area contributed by atoms with Gasteiger partial charge in [-0.15, -0.1) is 11.3 Å². The van der Waals surface area contributed by atoms with Crippen molar-refractivity contribution in [3.8, 4) is 0 Å². The van der Waals surface area contributed by atoms with Gasteiger partial charge in [-0.25, -0.2) is 4.98 Å². The zero-order valence-electron chi connectivity index (χ0n) is 15.1. The Balaban J connectivity index is 1.52. The number of imidazole rings is 1. The fourth-order valence-corrected chi connectivity index (χ4v) is 3.65. The van der Waals surface area contributed by atoms with E-state index in [1.807, 2.05) is 13.1 Å². The van der Waals surface area contributed by atoms with Crippen LogP contribution in [-0.4, -0.2) is 50.7 Å². The van der Waals surface area contributed by atoms with Crippen molar-refractivity contribution >= 4 is 28.1 Å². The van der Waals surface area contributed by atoms with Gasteiger partial charge in [0.25, 0.3) is 11.8 Å². The van der Waals surface area contributed by atoms with E-state index in [-0.39, 0.29) is 18.4 Å². The van der Waals surface area contributed by atoms with Crippen molar-refractivity contribution in [1.82, 2.24) is 20.0 Å². The Morgan fingerprint density at radius 1 is 1.39 bits per heavy atom. The summed E-state index contributed by atoms with van der Waals surface area (Å²) in [6, 6.07) is -0.649. The maximum atomic E-state index is 12.7. The van der Waals surface area contributed by atoms with Crippen LogP contribution in [-0.2, 0) is 4.79 Å². The summed E-state index contributed by atoms with van der Waals surface area (Å²) in [5.41, 5.74) is -3.06. The van der Waals surface area contributed by atoms with Crippen molar-refractivity contribution in [2.75, 3.05) is 6.54 Å².